The summed E-state index contributed by atoms with van der Waals surface area (Å²) in [6.07, 6.45) is 2.91. The second kappa shape index (κ2) is 5.87. The van der Waals surface area contributed by atoms with Crippen molar-refractivity contribution < 1.29 is 9.21 Å². The molecule has 0 aliphatic carbocycles. The van der Waals surface area contributed by atoms with Crippen LogP contribution in [0.2, 0.25) is 5.15 Å². The first kappa shape index (κ1) is 14.1. The summed E-state index contributed by atoms with van der Waals surface area (Å²) in [4.78, 5) is 30.6. The van der Waals surface area contributed by atoms with Crippen LogP contribution in [-0.4, -0.2) is 15.9 Å². The number of rotatable bonds is 3. The Kier molecular flexibility index (Phi) is 3.76. The van der Waals surface area contributed by atoms with Gasteiger partial charge in [0.1, 0.15) is 16.5 Å². The molecule has 0 radical (unpaired) electrons. The number of amides is 1. The van der Waals surface area contributed by atoms with E-state index in [1.54, 1.807) is 30.3 Å². The van der Waals surface area contributed by atoms with E-state index in [1.807, 2.05) is 0 Å². The highest BCUT2D eigenvalue weighted by molar-refractivity contribution is 6.29. The summed E-state index contributed by atoms with van der Waals surface area (Å²) in [6, 6.07) is 9.61. The molecular formula is C15H10ClN3O3. The van der Waals surface area contributed by atoms with E-state index < -0.39 is 11.5 Å². The largest absolute Gasteiger partial charge is 0.463 e. The minimum atomic E-state index is -0.531. The number of carbonyl (C=O) groups is 1. The van der Waals surface area contributed by atoms with Crippen LogP contribution >= 0.6 is 11.6 Å². The average Bonchev–Trinajstić information content (AvgIpc) is 3.03. The lowest BCUT2D eigenvalue weighted by Crippen LogP contribution is -2.23. The molecular weight excluding hydrogens is 306 g/mol. The molecule has 0 aliphatic heterocycles. The van der Waals surface area contributed by atoms with Crippen LogP contribution in [0.4, 0.5) is 5.69 Å². The molecule has 0 fully saturated rings. The zero-order chi connectivity index (χ0) is 15.5. The van der Waals surface area contributed by atoms with Crippen LogP contribution in [0.1, 0.15) is 10.4 Å². The minimum absolute atomic E-state index is 0.00902. The quantitative estimate of drug-likeness (QED) is 0.727. The third kappa shape index (κ3) is 2.91. The van der Waals surface area contributed by atoms with E-state index in [4.69, 9.17) is 16.0 Å². The number of hydrogen-bond donors (Lipinski definition) is 2. The first-order valence-corrected chi connectivity index (χ1v) is 6.71. The summed E-state index contributed by atoms with van der Waals surface area (Å²) in [6.45, 7) is 0. The van der Waals surface area contributed by atoms with Gasteiger partial charge in [-0.3, -0.25) is 9.59 Å². The van der Waals surface area contributed by atoms with Gasteiger partial charge in [0, 0.05) is 0 Å². The molecule has 0 aliphatic rings. The van der Waals surface area contributed by atoms with Crippen molar-refractivity contribution in [1.29, 1.82) is 0 Å². The Labute approximate surface area is 129 Å². The summed E-state index contributed by atoms with van der Waals surface area (Å²) >= 11 is 5.67. The Morgan fingerprint density at radius 1 is 1.23 bits per heavy atom. The van der Waals surface area contributed by atoms with Crippen LogP contribution in [0.25, 0.3) is 11.5 Å². The molecule has 0 unspecified atom stereocenters. The molecule has 0 saturated carbocycles. The van der Waals surface area contributed by atoms with Gasteiger partial charge in [-0.25, -0.2) is 4.98 Å². The maximum Gasteiger partial charge on any atom is 0.261 e. The van der Waals surface area contributed by atoms with Crippen LogP contribution in [0.5, 0.6) is 0 Å². The molecule has 3 aromatic rings. The van der Waals surface area contributed by atoms with Crippen molar-refractivity contribution in [1.82, 2.24) is 9.97 Å². The maximum absolute atomic E-state index is 12.1. The fraction of sp³-hybridized carbons (Fsp3) is 0. The number of halogens is 1. The molecule has 3 aromatic heterocycles. The number of anilines is 1. The number of pyridine rings is 2. The zero-order valence-corrected chi connectivity index (χ0v) is 11.9. The van der Waals surface area contributed by atoms with Gasteiger partial charge in [-0.2, -0.15) is 0 Å². The van der Waals surface area contributed by atoms with Gasteiger partial charge in [-0.05, 0) is 36.4 Å². The highest BCUT2D eigenvalue weighted by Gasteiger charge is 2.12. The molecule has 7 heteroatoms. The number of hydrogen-bond acceptors (Lipinski definition) is 4. The molecule has 0 spiro atoms. The fourth-order valence-corrected chi connectivity index (χ4v) is 1.99. The van der Waals surface area contributed by atoms with Crippen molar-refractivity contribution in [2.24, 2.45) is 0 Å². The Balaban J connectivity index is 1.84. The second-order valence-electron chi connectivity index (χ2n) is 4.42. The molecule has 0 aromatic carbocycles. The van der Waals surface area contributed by atoms with Gasteiger partial charge in [0.2, 0.25) is 0 Å². The van der Waals surface area contributed by atoms with Gasteiger partial charge >= 0.3 is 0 Å². The Hall–Kier alpha value is -2.86. The van der Waals surface area contributed by atoms with Crippen LogP contribution in [-0.2, 0) is 0 Å². The van der Waals surface area contributed by atoms with E-state index in [-0.39, 0.29) is 5.56 Å². The van der Waals surface area contributed by atoms with Crippen LogP contribution in [0.3, 0.4) is 0 Å². The third-order valence-electron chi connectivity index (χ3n) is 2.93. The number of aromatic nitrogens is 2. The van der Waals surface area contributed by atoms with Gasteiger partial charge in [0.05, 0.1) is 23.8 Å². The van der Waals surface area contributed by atoms with Gasteiger partial charge in [-0.15, -0.1) is 0 Å². The van der Waals surface area contributed by atoms with Gasteiger partial charge < -0.3 is 14.7 Å². The third-order valence-corrected chi connectivity index (χ3v) is 3.15. The van der Waals surface area contributed by atoms with Crippen molar-refractivity contribution in [3.63, 3.8) is 0 Å². The molecule has 6 nitrogen and oxygen atoms in total. The maximum atomic E-state index is 12.1. The van der Waals surface area contributed by atoms with Gasteiger partial charge in [-0.1, -0.05) is 11.6 Å². The first-order chi connectivity index (χ1) is 10.6. The topological polar surface area (TPSA) is 88.0 Å². The summed E-state index contributed by atoms with van der Waals surface area (Å²) in [5.74, 6) is -0.0117. The summed E-state index contributed by atoms with van der Waals surface area (Å²) in [7, 11) is 0. The summed E-state index contributed by atoms with van der Waals surface area (Å²) in [5.41, 5.74) is 0.433. The van der Waals surface area contributed by atoms with Crippen LogP contribution in [0, 0.1) is 0 Å². The number of nitrogens with one attached hydrogen (secondary N) is 2. The van der Waals surface area contributed by atoms with Crippen LogP contribution < -0.4 is 10.9 Å². The van der Waals surface area contributed by atoms with E-state index in [9.17, 15) is 9.59 Å². The standard InChI is InChI=1S/C15H10ClN3O3/c16-13-6-3-9(8-17-13)18-14(20)10-4-5-11(19-15(10)21)12-2-1-7-22-12/h1-8H,(H,18,20)(H,19,21). The zero-order valence-electron chi connectivity index (χ0n) is 11.2. The lowest BCUT2D eigenvalue weighted by molar-refractivity contribution is 0.102. The Bertz CT molecular complexity index is 854. The number of furan rings is 1. The van der Waals surface area contributed by atoms with E-state index in [2.05, 4.69) is 15.3 Å². The van der Waals surface area contributed by atoms with E-state index >= 15 is 0 Å². The van der Waals surface area contributed by atoms with Crippen molar-refractivity contribution in [2.45, 2.75) is 0 Å². The smallest absolute Gasteiger partial charge is 0.261 e. The number of carbonyl (C=O) groups excluding carboxylic acids is 1. The normalized spacial score (nSPS) is 10.4. The molecule has 0 saturated heterocycles. The predicted molar refractivity (Wildman–Crippen MR) is 82.0 cm³/mol. The first-order valence-electron chi connectivity index (χ1n) is 6.33. The highest BCUT2D eigenvalue weighted by atomic mass is 35.5. The summed E-state index contributed by atoms with van der Waals surface area (Å²) < 4.78 is 5.19. The molecule has 110 valence electrons. The average molecular weight is 316 g/mol. The lowest BCUT2D eigenvalue weighted by Gasteiger charge is -2.05. The van der Waals surface area contributed by atoms with Crippen molar-refractivity contribution in [2.75, 3.05) is 5.32 Å². The molecule has 2 N–H and O–H groups in total. The van der Waals surface area contributed by atoms with E-state index in [0.29, 0.717) is 22.3 Å². The van der Waals surface area contributed by atoms with Crippen molar-refractivity contribution in [3.05, 3.63) is 69.9 Å². The Morgan fingerprint density at radius 3 is 2.73 bits per heavy atom. The van der Waals surface area contributed by atoms with Crippen molar-refractivity contribution >= 4 is 23.2 Å². The SMILES string of the molecule is O=C(Nc1ccc(Cl)nc1)c1ccc(-c2ccco2)[nH]c1=O. The molecule has 1 amide bonds. The number of aromatic amines is 1. The fourth-order valence-electron chi connectivity index (χ4n) is 1.88. The predicted octanol–water partition coefficient (Wildman–Crippen LogP) is 2.94. The van der Waals surface area contributed by atoms with E-state index in [1.165, 1.54) is 18.5 Å². The molecule has 3 rings (SSSR count). The number of H-pyrrole nitrogens is 1. The summed E-state index contributed by atoms with van der Waals surface area (Å²) in [5, 5.41) is 2.90. The molecule has 22 heavy (non-hydrogen) atoms. The highest BCUT2D eigenvalue weighted by Crippen LogP contribution is 2.16. The Morgan fingerprint density at radius 2 is 2.09 bits per heavy atom. The molecule has 0 bridgehead atoms. The van der Waals surface area contributed by atoms with Crippen molar-refractivity contribution in [3.8, 4) is 11.5 Å². The number of nitrogens with zero attached hydrogens (tertiary/aromatic N) is 1. The van der Waals surface area contributed by atoms with Gasteiger partial charge in [0.15, 0.2) is 0 Å². The van der Waals surface area contributed by atoms with E-state index in [0.717, 1.165) is 0 Å². The van der Waals surface area contributed by atoms with Crippen LogP contribution in [0.15, 0.2) is 58.1 Å². The minimum Gasteiger partial charge on any atom is -0.463 e. The monoisotopic (exact) mass is 315 g/mol. The molecule has 3 heterocycles. The molecule has 0 atom stereocenters. The van der Waals surface area contributed by atoms with Gasteiger partial charge in [0.25, 0.3) is 11.5 Å². The lowest BCUT2D eigenvalue weighted by atomic mass is 10.2. The second-order valence-corrected chi connectivity index (χ2v) is 4.80.